The summed E-state index contributed by atoms with van der Waals surface area (Å²) in [4.78, 5) is 28.9. The number of nitrogens with one attached hydrogen (secondary N) is 2. The molecule has 2 aromatic carbocycles. The Hall–Kier alpha value is -2.42. The van der Waals surface area contributed by atoms with Gasteiger partial charge in [0.1, 0.15) is 0 Å². The zero-order valence-corrected chi connectivity index (χ0v) is 21.5. The molecule has 2 heterocycles. The molecule has 6 nitrogen and oxygen atoms in total. The number of amides is 1. The average molecular weight is 529 g/mol. The van der Waals surface area contributed by atoms with E-state index in [1.54, 1.807) is 31.4 Å². The number of hydrogen-bond donors (Lipinski definition) is 2. The van der Waals surface area contributed by atoms with Gasteiger partial charge in [-0.05, 0) is 79.0 Å². The third-order valence-corrected chi connectivity index (χ3v) is 10.4. The fraction of sp³-hybridized carbons (Fsp3) is 0.385. The zero-order chi connectivity index (χ0) is 24.1. The van der Waals surface area contributed by atoms with Gasteiger partial charge in [-0.1, -0.05) is 29.0 Å². The quantitative estimate of drug-likeness (QED) is 0.424. The standard InChI is InChI=1S/C26H25ClN2O4S2/c1-32-19-11-14(4-9-18(19)33-12-20(30)28-17-7-5-16(27)6-8-17)22-21-13-2-3-15(10-13)23(21)34-25-24(22)35-26(31)29-25/h4-9,11,13,15,21-23H,2-3,10,12H2,1H3,(H,28,30)(H,29,31)/t13-,15-,21-,22-,23-/m0/s1. The highest BCUT2D eigenvalue weighted by Crippen LogP contribution is 2.63. The smallest absolute Gasteiger partial charge is 0.305 e. The van der Waals surface area contributed by atoms with Crippen LogP contribution < -0.4 is 19.7 Å². The molecule has 0 saturated heterocycles. The summed E-state index contributed by atoms with van der Waals surface area (Å²) in [5, 5.41) is 4.99. The molecule has 1 aliphatic heterocycles. The number of carbonyl (C=O) groups excluding carboxylic acids is 1. The molecule has 0 radical (unpaired) electrons. The maximum absolute atomic E-state index is 12.4. The number of aromatic amines is 1. The Morgan fingerprint density at radius 3 is 2.74 bits per heavy atom. The van der Waals surface area contributed by atoms with Gasteiger partial charge in [0.15, 0.2) is 18.1 Å². The number of aromatic nitrogens is 1. The minimum atomic E-state index is -0.269. The molecule has 3 aromatic rings. The molecule has 1 amide bonds. The molecule has 3 aliphatic rings. The SMILES string of the molecule is COc1cc([C@@H]2c3sc(=O)[nH]c3S[C@H]3[C@H]4CC[C@@H](C4)[C@@H]23)ccc1OCC(=O)Nc1ccc(Cl)cc1. The topological polar surface area (TPSA) is 80.4 Å². The minimum Gasteiger partial charge on any atom is -0.493 e. The highest BCUT2D eigenvalue weighted by molar-refractivity contribution is 8.00. The van der Waals surface area contributed by atoms with Gasteiger partial charge in [-0.2, -0.15) is 0 Å². The number of methoxy groups -OCH3 is 1. The largest absolute Gasteiger partial charge is 0.493 e. The van der Waals surface area contributed by atoms with Gasteiger partial charge in [0.25, 0.3) is 5.91 Å². The van der Waals surface area contributed by atoms with Crippen molar-refractivity contribution in [2.24, 2.45) is 17.8 Å². The van der Waals surface area contributed by atoms with E-state index >= 15 is 0 Å². The molecule has 5 atom stereocenters. The van der Waals surface area contributed by atoms with Gasteiger partial charge in [-0.25, -0.2) is 0 Å². The maximum atomic E-state index is 12.4. The van der Waals surface area contributed by atoms with Crippen molar-refractivity contribution in [1.82, 2.24) is 4.98 Å². The number of carbonyl (C=O) groups is 1. The van der Waals surface area contributed by atoms with Crippen molar-refractivity contribution in [2.75, 3.05) is 19.0 Å². The van der Waals surface area contributed by atoms with Crippen LogP contribution in [0.1, 0.15) is 35.6 Å². The predicted molar refractivity (Wildman–Crippen MR) is 139 cm³/mol. The van der Waals surface area contributed by atoms with Crippen LogP contribution in [0, 0.1) is 17.8 Å². The molecule has 9 heteroatoms. The Balaban J connectivity index is 1.24. The van der Waals surface area contributed by atoms with Crippen LogP contribution in [-0.2, 0) is 4.79 Å². The normalized spacial score (nSPS) is 26.2. The molecule has 0 unspecified atom stereocenters. The first kappa shape index (κ1) is 23.0. The van der Waals surface area contributed by atoms with Crippen LogP contribution in [0.4, 0.5) is 5.69 Å². The number of H-pyrrole nitrogens is 1. The van der Waals surface area contributed by atoms with Crippen molar-refractivity contribution in [3.63, 3.8) is 0 Å². The first-order valence-corrected chi connectivity index (χ1v) is 13.8. The zero-order valence-electron chi connectivity index (χ0n) is 19.1. The van der Waals surface area contributed by atoms with E-state index in [0.717, 1.165) is 21.4 Å². The van der Waals surface area contributed by atoms with Gasteiger partial charge in [0, 0.05) is 26.8 Å². The molecule has 2 saturated carbocycles. The van der Waals surface area contributed by atoms with E-state index < -0.39 is 0 Å². The molecule has 2 bridgehead atoms. The Morgan fingerprint density at radius 1 is 1.14 bits per heavy atom. The lowest BCUT2D eigenvalue weighted by Crippen LogP contribution is -2.33. The van der Waals surface area contributed by atoms with Crippen molar-refractivity contribution in [1.29, 1.82) is 0 Å². The van der Waals surface area contributed by atoms with Crippen LogP contribution in [0.15, 0.2) is 52.3 Å². The van der Waals surface area contributed by atoms with Crippen LogP contribution >= 0.6 is 34.7 Å². The predicted octanol–water partition coefficient (Wildman–Crippen LogP) is 5.77. The highest BCUT2D eigenvalue weighted by atomic mass is 35.5. The molecule has 2 aliphatic carbocycles. The second kappa shape index (κ2) is 9.22. The van der Waals surface area contributed by atoms with Crippen molar-refractivity contribution >= 4 is 46.3 Å². The summed E-state index contributed by atoms with van der Waals surface area (Å²) < 4.78 is 11.5. The van der Waals surface area contributed by atoms with Gasteiger partial charge in [-0.3, -0.25) is 9.59 Å². The van der Waals surface area contributed by atoms with Crippen LogP contribution in [-0.4, -0.2) is 29.9 Å². The number of anilines is 1. The summed E-state index contributed by atoms with van der Waals surface area (Å²) in [5.74, 6) is 2.97. The van der Waals surface area contributed by atoms with E-state index in [1.165, 1.54) is 30.6 Å². The van der Waals surface area contributed by atoms with Crippen LogP contribution in [0.2, 0.25) is 5.02 Å². The molecule has 2 fully saturated rings. The maximum Gasteiger partial charge on any atom is 0.305 e. The third-order valence-electron chi connectivity index (χ3n) is 7.50. The molecule has 1 aromatic heterocycles. The Kier molecular flexibility index (Phi) is 6.06. The molecular weight excluding hydrogens is 504 g/mol. The van der Waals surface area contributed by atoms with Gasteiger partial charge >= 0.3 is 4.87 Å². The Labute approximate surface area is 216 Å². The first-order valence-electron chi connectivity index (χ1n) is 11.8. The molecule has 2 N–H and O–H groups in total. The van der Waals surface area contributed by atoms with Crippen LogP contribution in [0.5, 0.6) is 11.5 Å². The van der Waals surface area contributed by atoms with E-state index in [4.69, 9.17) is 21.1 Å². The first-order chi connectivity index (χ1) is 17.0. The summed E-state index contributed by atoms with van der Waals surface area (Å²) in [6.45, 7) is -0.142. The van der Waals surface area contributed by atoms with Crippen LogP contribution in [0.25, 0.3) is 0 Å². The molecular formula is C26H25ClN2O4S2. The molecule has 6 rings (SSSR count). The molecule has 182 valence electrons. The molecule has 0 spiro atoms. The number of ether oxygens (including phenoxy) is 2. The summed E-state index contributed by atoms with van der Waals surface area (Å²) in [6.07, 6.45) is 3.86. The van der Waals surface area contributed by atoms with E-state index in [1.807, 2.05) is 23.9 Å². The lowest BCUT2D eigenvalue weighted by molar-refractivity contribution is -0.118. The van der Waals surface area contributed by atoms with Crippen molar-refractivity contribution in [3.8, 4) is 11.5 Å². The average Bonchev–Trinajstić information content (AvgIpc) is 3.57. The van der Waals surface area contributed by atoms with E-state index in [2.05, 4.69) is 16.4 Å². The number of fused-ring (bicyclic) bond motifs is 6. The van der Waals surface area contributed by atoms with Gasteiger partial charge in [0.2, 0.25) is 0 Å². The van der Waals surface area contributed by atoms with Gasteiger partial charge < -0.3 is 19.8 Å². The summed E-state index contributed by atoms with van der Waals surface area (Å²) in [5.41, 5.74) is 1.79. The van der Waals surface area contributed by atoms with E-state index in [-0.39, 0.29) is 23.3 Å². The number of benzene rings is 2. The van der Waals surface area contributed by atoms with Gasteiger partial charge in [-0.15, -0.1) is 11.8 Å². The van der Waals surface area contributed by atoms with Crippen molar-refractivity contribution < 1.29 is 14.3 Å². The summed E-state index contributed by atoms with van der Waals surface area (Å²) in [7, 11) is 1.61. The van der Waals surface area contributed by atoms with Gasteiger partial charge in [0.05, 0.1) is 12.1 Å². The third kappa shape index (κ3) is 4.26. The van der Waals surface area contributed by atoms with Crippen molar-refractivity contribution in [2.45, 2.75) is 35.5 Å². The Bertz CT molecular complexity index is 1320. The second-order valence-electron chi connectivity index (χ2n) is 9.43. The van der Waals surface area contributed by atoms with Crippen LogP contribution in [0.3, 0.4) is 0 Å². The van der Waals surface area contributed by atoms with E-state index in [9.17, 15) is 9.59 Å². The minimum absolute atomic E-state index is 0.0124. The monoisotopic (exact) mass is 528 g/mol. The number of thioether (sulfide) groups is 1. The lowest BCUT2D eigenvalue weighted by atomic mass is 9.75. The fourth-order valence-corrected chi connectivity index (χ4v) is 9.11. The number of thiazole rings is 1. The lowest BCUT2D eigenvalue weighted by Gasteiger charge is -2.40. The summed E-state index contributed by atoms with van der Waals surface area (Å²) in [6, 6.07) is 12.9. The number of rotatable bonds is 6. The number of hydrogen-bond acceptors (Lipinski definition) is 6. The second-order valence-corrected chi connectivity index (χ2v) is 12.1. The van der Waals surface area contributed by atoms with Crippen molar-refractivity contribution in [3.05, 3.63) is 67.6 Å². The Morgan fingerprint density at radius 2 is 1.94 bits per heavy atom. The highest BCUT2D eigenvalue weighted by Gasteiger charge is 2.54. The number of halogens is 1. The van der Waals surface area contributed by atoms with E-state index in [0.29, 0.717) is 39.3 Å². The fourth-order valence-electron chi connectivity index (χ4n) is 6.09. The summed E-state index contributed by atoms with van der Waals surface area (Å²) >= 11 is 9.12. The molecule has 35 heavy (non-hydrogen) atoms.